The van der Waals surface area contributed by atoms with E-state index < -0.39 is 10.0 Å². The van der Waals surface area contributed by atoms with E-state index in [4.69, 9.17) is 4.52 Å². The molecule has 3 heterocycles. The maximum atomic E-state index is 13.0. The average molecular weight is 455 g/mol. The van der Waals surface area contributed by atoms with Crippen molar-refractivity contribution in [2.24, 2.45) is 0 Å². The normalized spacial score (nSPS) is 16.1. The molecule has 0 saturated carbocycles. The van der Waals surface area contributed by atoms with Crippen LogP contribution >= 0.6 is 0 Å². The number of benzene rings is 1. The minimum absolute atomic E-state index is 0.203. The van der Waals surface area contributed by atoms with Gasteiger partial charge in [-0.3, -0.25) is 9.78 Å². The number of amides is 1. The van der Waals surface area contributed by atoms with Crippen molar-refractivity contribution < 1.29 is 17.7 Å². The van der Waals surface area contributed by atoms with Gasteiger partial charge >= 0.3 is 0 Å². The first-order valence-electron chi connectivity index (χ1n) is 10.7. The lowest BCUT2D eigenvalue weighted by Gasteiger charge is -2.33. The monoisotopic (exact) mass is 454 g/mol. The Morgan fingerprint density at radius 3 is 2.34 bits per heavy atom. The fraction of sp³-hybridized carbons (Fsp3) is 0.348. The van der Waals surface area contributed by atoms with Gasteiger partial charge in [0, 0.05) is 50.2 Å². The average Bonchev–Trinajstić information content (AvgIpc) is 3.34. The highest BCUT2D eigenvalue weighted by Crippen LogP contribution is 2.24. The summed E-state index contributed by atoms with van der Waals surface area (Å²) in [5.74, 6) is 0.596. The topological polar surface area (TPSA) is 96.6 Å². The highest BCUT2D eigenvalue weighted by atomic mass is 32.2. The van der Waals surface area contributed by atoms with E-state index >= 15 is 0 Å². The van der Waals surface area contributed by atoms with Crippen LogP contribution in [0.1, 0.15) is 42.2 Å². The number of aromatic nitrogens is 2. The van der Waals surface area contributed by atoms with Crippen molar-refractivity contribution in [3.63, 3.8) is 0 Å². The Kier molecular flexibility index (Phi) is 6.38. The van der Waals surface area contributed by atoms with Crippen molar-refractivity contribution in [3.8, 4) is 11.3 Å². The number of rotatable bonds is 6. The first kappa shape index (κ1) is 22.2. The molecule has 32 heavy (non-hydrogen) atoms. The lowest BCUT2D eigenvalue weighted by molar-refractivity contribution is 0.0687. The van der Waals surface area contributed by atoms with E-state index in [-0.39, 0.29) is 29.6 Å². The fourth-order valence-corrected chi connectivity index (χ4v) is 5.10. The van der Waals surface area contributed by atoms with Gasteiger partial charge in [-0.25, -0.2) is 8.42 Å². The van der Waals surface area contributed by atoms with Gasteiger partial charge in [0.25, 0.3) is 5.91 Å². The lowest BCUT2D eigenvalue weighted by Crippen LogP contribution is -2.50. The van der Waals surface area contributed by atoms with Crippen LogP contribution in [-0.4, -0.2) is 59.8 Å². The Bertz CT molecular complexity index is 1170. The number of nitrogens with zero attached hydrogens (tertiary/aromatic N) is 4. The molecule has 168 valence electrons. The maximum absolute atomic E-state index is 13.0. The van der Waals surface area contributed by atoms with Gasteiger partial charge in [0.05, 0.1) is 4.90 Å². The number of carbonyl (C=O) groups excluding carboxylic acids is 1. The third kappa shape index (κ3) is 4.44. The predicted octanol–water partition coefficient (Wildman–Crippen LogP) is 3.40. The van der Waals surface area contributed by atoms with Crippen LogP contribution in [0.25, 0.3) is 11.3 Å². The second-order valence-electron chi connectivity index (χ2n) is 7.89. The Morgan fingerprint density at radius 2 is 1.72 bits per heavy atom. The molecule has 0 bridgehead atoms. The maximum Gasteiger partial charge on any atom is 0.276 e. The minimum atomic E-state index is -3.60. The Labute approximate surface area is 187 Å². The van der Waals surface area contributed by atoms with Crippen LogP contribution in [-0.2, 0) is 10.0 Å². The third-order valence-corrected chi connectivity index (χ3v) is 7.83. The molecule has 1 unspecified atom stereocenters. The van der Waals surface area contributed by atoms with Crippen LogP contribution in [0.3, 0.4) is 0 Å². The first-order chi connectivity index (χ1) is 15.4. The first-order valence-corrected chi connectivity index (χ1v) is 12.1. The molecule has 9 heteroatoms. The lowest BCUT2D eigenvalue weighted by atomic mass is 9.99. The summed E-state index contributed by atoms with van der Waals surface area (Å²) in [4.78, 5) is 18.7. The SMILES string of the molecule is CCC(C)c1ccc(S(=O)(=O)N2CCN(C(=O)c3cc(-c4ccncc4)on3)CC2)cc1. The number of hydrogen-bond donors (Lipinski definition) is 0. The third-order valence-electron chi connectivity index (χ3n) is 5.92. The summed E-state index contributed by atoms with van der Waals surface area (Å²) in [5, 5.41) is 3.89. The molecule has 1 saturated heterocycles. The Morgan fingerprint density at radius 1 is 1.06 bits per heavy atom. The Hall–Kier alpha value is -3.04. The number of sulfonamides is 1. The van der Waals surface area contributed by atoms with Gasteiger partial charge in [-0.2, -0.15) is 4.31 Å². The number of hydrogen-bond acceptors (Lipinski definition) is 6. The number of pyridine rings is 1. The Balaban J connectivity index is 1.40. The van der Waals surface area contributed by atoms with E-state index in [9.17, 15) is 13.2 Å². The quantitative estimate of drug-likeness (QED) is 0.566. The van der Waals surface area contributed by atoms with E-state index in [1.807, 2.05) is 12.1 Å². The largest absolute Gasteiger partial charge is 0.355 e. The molecule has 1 aliphatic heterocycles. The summed E-state index contributed by atoms with van der Waals surface area (Å²) in [7, 11) is -3.60. The predicted molar refractivity (Wildman–Crippen MR) is 120 cm³/mol. The van der Waals surface area contributed by atoms with Crippen LogP contribution in [0, 0.1) is 0 Å². The number of piperazine rings is 1. The van der Waals surface area contributed by atoms with Gasteiger partial charge in [-0.15, -0.1) is 0 Å². The summed E-state index contributed by atoms with van der Waals surface area (Å²) < 4.78 is 32.8. The zero-order valence-electron chi connectivity index (χ0n) is 18.1. The van der Waals surface area contributed by atoms with Gasteiger partial charge in [0.1, 0.15) is 0 Å². The van der Waals surface area contributed by atoms with Crippen molar-refractivity contribution >= 4 is 15.9 Å². The second kappa shape index (κ2) is 9.22. The summed E-state index contributed by atoms with van der Waals surface area (Å²) in [6.45, 7) is 5.27. The summed E-state index contributed by atoms with van der Waals surface area (Å²) in [5.41, 5.74) is 2.11. The van der Waals surface area contributed by atoms with Crippen molar-refractivity contribution in [3.05, 3.63) is 66.1 Å². The van der Waals surface area contributed by atoms with Gasteiger partial charge in [-0.1, -0.05) is 31.1 Å². The molecule has 0 N–H and O–H groups in total. The molecule has 1 aromatic carbocycles. The zero-order valence-corrected chi connectivity index (χ0v) is 19.0. The van der Waals surface area contributed by atoms with E-state index in [1.165, 1.54) is 4.31 Å². The molecule has 0 aliphatic carbocycles. The van der Waals surface area contributed by atoms with E-state index in [0.717, 1.165) is 17.5 Å². The van der Waals surface area contributed by atoms with Crippen LogP contribution in [0.15, 0.2) is 64.3 Å². The van der Waals surface area contributed by atoms with Crippen LogP contribution in [0.5, 0.6) is 0 Å². The van der Waals surface area contributed by atoms with Crippen LogP contribution in [0.4, 0.5) is 0 Å². The smallest absolute Gasteiger partial charge is 0.276 e. The molecule has 3 aromatic rings. The van der Waals surface area contributed by atoms with Gasteiger partial charge in [-0.05, 0) is 42.2 Å². The fourth-order valence-electron chi connectivity index (χ4n) is 3.67. The van der Waals surface area contributed by atoms with E-state index in [1.54, 1.807) is 47.6 Å². The van der Waals surface area contributed by atoms with Crippen molar-refractivity contribution in [2.45, 2.75) is 31.1 Å². The standard InChI is InChI=1S/C23H26N4O4S/c1-3-17(2)18-4-6-20(7-5-18)32(29,30)27-14-12-26(13-15-27)23(28)21-16-22(31-25-21)19-8-10-24-11-9-19/h4-11,16-17H,3,12-15H2,1-2H3. The van der Waals surface area contributed by atoms with Gasteiger partial charge in [0.15, 0.2) is 11.5 Å². The summed E-state index contributed by atoms with van der Waals surface area (Å²) in [6.07, 6.45) is 4.27. The molecule has 2 aromatic heterocycles. The number of carbonyl (C=O) groups is 1. The molecule has 0 spiro atoms. The molecule has 4 rings (SSSR count). The highest BCUT2D eigenvalue weighted by Gasteiger charge is 2.31. The molecule has 8 nitrogen and oxygen atoms in total. The van der Waals surface area contributed by atoms with Crippen molar-refractivity contribution in [1.82, 2.24) is 19.3 Å². The molecular formula is C23H26N4O4S. The molecule has 1 aliphatic rings. The van der Waals surface area contributed by atoms with Crippen LogP contribution < -0.4 is 0 Å². The second-order valence-corrected chi connectivity index (χ2v) is 9.82. The zero-order chi connectivity index (χ0) is 22.7. The summed E-state index contributed by atoms with van der Waals surface area (Å²) in [6, 6.07) is 12.2. The molecular weight excluding hydrogens is 428 g/mol. The van der Waals surface area contributed by atoms with Gasteiger partial charge < -0.3 is 9.42 Å². The molecule has 0 radical (unpaired) electrons. The van der Waals surface area contributed by atoms with Gasteiger partial charge in [0.2, 0.25) is 10.0 Å². The molecule has 1 fully saturated rings. The molecule has 1 atom stereocenters. The van der Waals surface area contributed by atoms with Crippen molar-refractivity contribution in [1.29, 1.82) is 0 Å². The van der Waals surface area contributed by atoms with Crippen LogP contribution in [0.2, 0.25) is 0 Å². The van der Waals surface area contributed by atoms with Crippen molar-refractivity contribution in [2.75, 3.05) is 26.2 Å². The van der Waals surface area contributed by atoms with E-state index in [0.29, 0.717) is 24.8 Å². The molecule has 1 amide bonds. The summed E-state index contributed by atoms with van der Waals surface area (Å²) >= 11 is 0. The highest BCUT2D eigenvalue weighted by molar-refractivity contribution is 7.89. The van der Waals surface area contributed by atoms with E-state index in [2.05, 4.69) is 24.0 Å². The minimum Gasteiger partial charge on any atom is -0.355 e.